The van der Waals surface area contributed by atoms with E-state index in [0.29, 0.717) is 18.4 Å². The molecule has 106 valence electrons. The van der Waals surface area contributed by atoms with Crippen LogP contribution in [0.4, 0.5) is 4.39 Å². The van der Waals surface area contributed by atoms with Crippen molar-refractivity contribution in [2.75, 3.05) is 13.2 Å². The summed E-state index contributed by atoms with van der Waals surface area (Å²) in [6.07, 6.45) is 0.743. The molecule has 1 unspecified atom stereocenters. The Morgan fingerprint density at radius 1 is 1.65 bits per heavy atom. The van der Waals surface area contributed by atoms with Crippen LogP contribution in [0, 0.1) is 17.1 Å². The predicted molar refractivity (Wildman–Crippen MR) is 72.5 cm³/mol. The van der Waals surface area contributed by atoms with Crippen LogP contribution in [-0.2, 0) is 20.7 Å². The number of aryl methyl sites for hydroxylation is 1. The second-order valence-electron chi connectivity index (χ2n) is 4.38. The van der Waals surface area contributed by atoms with Gasteiger partial charge in [0.05, 0.1) is 22.7 Å². The Labute approximate surface area is 124 Å². The van der Waals surface area contributed by atoms with E-state index in [1.807, 2.05) is 6.07 Å². The Morgan fingerprint density at radius 2 is 2.40 bits per heavy atom. The molecule has 20 heavy (non-hydrogen) atoms. The number of carbonyl (C=O) groups is 1. The highest BCUT2D eigenvalue weighted by Crippen LogP contribution is 2.39. The Kier molecular flexibility index (Phi) is 4.73. The van der Waals surface area contributed by atoms with Crippen molar-refractivity contribution in [3.63, 3.8) is 0 Å². The summed E-state index contributed by atoms with van der Waals surface area (Å²) in [6, 6.07) is 3.61. The SMILES string of the molecule is CCOC(=O)COC1CCc2cc(C#N)c(Br)c(F)c21. The van der Waals surface area contributed by atoms with Crippen molar-refractivity contribution in [2.45, 2.75) is 25.9 Å². The lowest BCUT2D eigenvalue weighted by Crippen LogP contribution is -2.15. The van der Waals surface area contributed by atoms with Gasteiger partial charge in [-0.05, 0) is 47.3 Å². The minimum absolute atomic E-state index is 0.144. The predicted octanol–water partition coefficient (Wildman–Crippen LogP) is 3.03. The van der Waals surface area contributed by atoms with Gasteiger partial charge in [0, 0.05) is 5.56 Å². The first-order valence-corrected chi connectivity index (χ1v) is 7.05. The van der Waals surface area contributed by atoms with Gasteiger partial charge in [-0.1, -0.05) is 0 Å². The fourth-order valence-corrected chi connectivity index (χ4v) is 2.71. The molecular formula is C14H13BrFNO3. The summed E-state index contributed by atoms with van der Waals surface area (Å²) in [5.41, 5.74) is 1.46. The van der Waals surface area contributed by atoms with Gasteiger partial charge in [-0.15, -0.1) is 0 Å². The molecule has 4 nitrogen and oxygen atoms in total. The Balaban J connectivity index is 2.19. The lowest BCUT2D eigenvalue weighted by molar-refractivity contribution is -0.150. The highest BCUT2D eigenvalue weighted by Gasteiger charge is 2.30. The highest BCUT2D eigenvalue weighted by atomic mass is 79.9. The molecule has 6 heteroatoms. The first-order valence-electron chi connectivity index (χ1n) is 6.26. The Morgan fingerprint density at radius 3 is 3.05 bits per heavy atom. The molecule has 0 saturated carbocycles. The molecule has 0 N–H and O–H groups in total. The molecule has 0 spiro atoms. The number of benzene rings is 1. The largest absolute Gasteiger partial charge is 0.464 e. The zero-order valence-corrected chi connectivity index (χ0v) is 12.5. The third-order valence-electron chi connectivity index (χ3n) is 3.16. The summed E-state index contributed by atoms with van der Waals surface area (Å²) in [7, 11) is 0. The van der Waals surface area contributed by atoms with E-state index in [1.165, 1.54) is 0 Å². The van der Waals surface area contributed by atoms with Crippen LogP contribution in [0.2, 0.25) is 0 Å². The van der Waals surface area contributed by atoms with Crippen LogP contribution in [0.25, 0.3) is 0 Å². The maximum Gasteiger partial charge on any atom is 0.332 e. The molecule has 2 rings (SSSR count). The molecule has 1 aliphatic carbocycles. The van der Waals surface area contributed by atoms with Gasteiger partial charge in [0.2, 0.25) is 0 Å². The second-order valence-corrected chi connectivity index (χ2v) is 5.17. The number of halogens is 2. The number of fused-ring (bicyclic) bond motifs is 1. The molecule has 0 bridgehead atoms. The molecular weight excluding hydrogens is 329 g/mol. The normalized spacial score (nSPS) is 16.6. The fourth-order valence-electron chi connectivity index (χ4n) is 2.30. The van der Waals surface area contributed by atoms with Crippen molar-refractivity contribution < 1.29 is 18.7 Å². The zero-order chi connectivity index (χ0) is 14.7. The van der Waals surface area contributed by atoms with E-state index in [4.69, 9.17) is 14.7 Å². The van der Waals surface area contributed by atoms with Crippen LogP contribution in [0.3, 0.4) is 0 Å². The van der Waals surface area contributed by atoms with Crippen LogP contribution >= 0.6 is 15.9 Å². The molecule has 0 saturated heterocycles. The first-order chi connectivity index (χ1) is 9.58. The van der Waals surface area contributed by atoms with Crippen molar-refractivity contribution >= 4 is 21.9 Å². The van der Waals surface area contributed by atoms with Gasteiger partial charge in [-0.3, -0.25) is 0 Å². The van der Waals surface area contributed by atoms with Gasteiger partial charge in [0.1, 0.15) is 18.5 Å². The molecule has 0 amide bonds. The number of hydrogen-bond donors (Lipinski definition) is 0. The lowest BCUT2D eigenvalue weighted by atomic mass is 10.1. The van der Waals surface area contributed by atoms with Gasteiger partial charge < -0.3 is 9.47 Å². The van der Waals surface area contributed by atoms with Gasteiger partial charge >= 0.3 is 5.97 Å². The minimum atomic E-state index is -0.481. The van der Waals surface area contributed by atoms with Crippen LogP contribution in [0.5, 0.6) is 0 Å². The van der Waals surface area contributed by atoms with Crippen LogP contribution in [-0.4, -0.2) is 19.2 Å². The smallest absolute Gasteiger partial charge is 0.332 e. The molecule has 0 fully saturated rings. The van der Waals surface area contributed by atoms with Crippen LogP contribution in [0.15, 0.2) is 10.5 Å². The van der Waals surface area contributed by atoms with Gasteiger partial charge in [0.25, 0.3) is 0 Å². The Bertz CT molecular complexity index is 583. The quantitative estimate of drug-likeness (QED) is 0.790. The lowest BCUT2D eigenvalue weighted by Gasteiger charge is -2.14. The number of rotatable bonds is 4. The summed E-state index contributed by atoms with van der Waals surface area (Å²) in [5, 5.41) is 8.94. The van der Waals surface area contributed by atoms with Crippen LogP contribution in [0.1, 0.15) is 36.1 Å². The van der Waals surface area contributed by atoms with Crippen molar-refractivity contribution in [2.24, 2.45) is 0 Å². The zero-order valence-electron chi connectivity index (χ0n) is 10.9. The van der Waals surface area contributed by atoms with Crippen molar-refractivity contribution in [3.05, 3.63) is 33.0 Å². The van der Waals surface area contributed by atoms with E-state index in [-0.39, 0.29) is 23.2 Å². The topological polar surface area (TPSA) is 59.3 Å². The highest BCUT2D eigenvalue weighted by molar-refractivity contribution is 9.10. The van der Waals surface area contributed by atoms with Gasteiger partial charge in [-0.25, -0.2) is 9.18 Å². The third-order valence-corrected chi connectivity index (χ3v) is 3.93. The number of nitrogens with zero attached hydrogens (tertiary/aromatic N) is 1. The molecule has 0 heterocycles. The number of carbonyl (C=O) groups excluding carboxylic acids is 1. The second kappa shape index (κ2) is 6.33. The van der Waals surface area contributed by atoms with Gasteiger partial charge in [-0.2, -0.15) is 5.26 Å². The fraction of sp³-hybridized carbons (Fsp3) is 0.429. The first kappa shape index (κ1) is 14.9. The van der Waals surface area contributed by atoms with Crippen molar-refractivity contribution in [1.29, 1.82) is 5.26 Å². The summed E-state index contributed by atoms with van der Waals surface area (Å²) in [5.74, 6) is -0.945. The maximum absolute atomic E-state index is 14.3. The average molecular weight is 342 g/mol. The van der Waals surface area contributed by atoms with Crippen molar-refractivity contribution in [1.82, 2.24) is 0 Å². The monoisotopic (exact) mass is 341 g/mol. The van der Waals surface area contributed by atoms with E-state index in [2.05, 4.69) is 15.9 Å². The van der Waals surface area contributed by atoms with E-state index in [0.717, 1.165) is 5.56 Å². The summed E-state index contributed by atoms with van der Waals surface area (Å²) in [4.78, 5) is 11.3. The average Bonchev–Trinajstić information content (AvgIpc) is 2.84. The molecule has 0 radical (unpaired) electrons. The molecule has 0 aliphatic heterocycles. The molecule has 1 aromatic rings. The van der Waals surface area contributed by atoms with Crippen LogP contribution < -0.4 is 0 Å². The van der Waals surface area contributed by atoms with E-state index >= 15 is 0 Å². The number of ether oxygens (including phenoxy) is 2. The standard InChI is InChI=1S/C14H13BrFNO3/c1-2-19-11(18)7-20-10-4-3-8-5-9(6-17)13(15)14(16)12(8)10/h5,10H,2-4,7H2,1H3. The molecule has 0 aromatic heterocycles. The number of esters is 1. The van der Waals surface area contributed by atoms with Crippen molar-refractivity contribution in [3.8, 4) is 6.07 Å². The summed E-state index contributed by atoms with van der Waals surface area (Å²) in [6.45, 7) is 1.80. The summed E-state index contributed by atoms with van der Waals surface area (Å²) >= 11 is 3.08. The number of nitriles is 1. The van der Waals surface area contributed by atoms with Gasteiger partial charge in [0.15, 0.2) is 0 Å². The molecule has 1 atom stereocenters. The minimum Gasteiger partial charge on any atom is -0.464 e. The van der Waals surface area contributed by atoms with E-state index < -0.39 is 17.9 Å². The molecule has 1 aliphatic rings. The van der Waals surface area contributed by atoms with E-state index in [9.17, 15) is 9.18 Å². The maximum atomic E-state index is 14.3. The Hall–Kier alpha value is -1.45. The summed E-state index contributed by atoms with van der Waals surface area (Å²) < 4.78 is 24.6. The molecule has 1 aromatic carbocycles. The third kappa shape index (κ3) is 2.84. The number of hydrogen-bond acceptors (Lipinski definition) is 4. The van der Waals surface area contributed by atoms with E-state index in [1.54, 1.807) is 13.0 Å².